The van der Waals surface area contributed by atoms with Crippen LogP contribution in [0.3, 0.4) is 0 Å². The summed E-state index contributed by atoms with van der Waals surface area (Å²) in [5.74, 6) is 1.48. The third kappa shape index (κ3) is 1.15. The van der Waals surface area contributed by atoms with Gasteiger partial charge >= 0.3 is 6.09 Å². The number of hydrogen-bond acceptors (Lipinski definition) is 2. The second kappa shape index (κ2) is 2.77. The molecule has 1 amide bonds. The number of cyclic esters (lactones) is 1. The quantitative estimate of drug-likeness (QED) is 0.668. The molecule has 3 unspecified atom stereocenters. The number of rotatable bonds is 1. The smallest absolute Gasteiger partial charge is 0.407 e. The van der Waals surface area contributed by atoms with Crippen molar-refractivity contribution in [3.8, 4) is 0 Å². The Labute approximate surface area is 89.9 Å². The average Bonchev–Trinajstić information content (AvgIpc) is 2.64. The van der Waals surface area contributed by atoms with E-state index >= 15 is 0 Å². The molecule has 1 saturated carbocycles. The molecule has 0 aromatic rings. The van der Waals surface area contributed by atoms with Crippen LogP contribution in [0.25, 0.3) is 0 Å². The molecule has 3 nitrogen and oxygen atoms in total. The van der Waals surface area contributed by atoms with Crippen LogP contribution < -0.4 is 5.32 Å². The highest BCUT2D eigenvalue weighted by Gasteiger charge is 2.53. The summed E-state index contributed by atoms with van der Waals surface area (Å²) in [6, 6.07) is 0. The number of hydrogen-bond donors (Lipinski definition) is 1. The maximum atomic E-state index is 11.0. The molecule has 1 aliphatic heterocycles. The number of amides is 1. The predicted octanol–water partition coefficient (Wildman–Crippen LogP) is 2.09. The molecule has 1 N–H and O–H groups in total. The molecule has 0 spiro atoms. The Balaban J connectivity index is 1.83. The number of fused-ring (bicyclic) bond motifs is 1. The lowest BCUT2D eigenvalue weighted by atomic mass is 9.48. The van der Waals surface area contributed by atoms with Crippen LogP contribution in [-0.2, 0) is 4.74 Å². The SMILES string of the molecule is CC1(C)C2CC=C(C3CNC(=O)O3)C1C2. The summed E-state index contributed by atoms with van der Waals surface area (Å²) in [5, 5.41) is 2.73. The summed E-state index contributed by atoms with van der Waals surface area (Å²) in [6.45, 7) is 5.33. The van der Waals surface area contributed by atoms with Gasteiger partial charge in [-0.15, -0.1) is 0 Å². The summed E-state index contributed by atoms with van der Waals surface area (Å²) in [4.78, 5) is 11.0. The minimum Gasteiger partial charge on any atom is -0.440 e. The number of carbonyl (C=O) groups is 1. The largest absolute Gasteiger partial charge is 0.440 e. The van der Waals surface area contributed by atoms with Crippen LogP contribution in [0.5, 0.6) is 0 Å². The topological polar surface area (TPSA) is 38.3 Å². The van der Waals surface area contributed by atoms with E-state index in [1.165, 1.54) is 12.0 Å². The molecular weight excluding hydrogens is 190 g/mol. The number of carbonyl (C=O) groups excluding carboxylic acids is 1. The highest BCUT2D eigenvalue weighted by molar-refractivity contribution is 5.70. The maximum Gasteiger partial charge on any atom is 0.407 e. The monoisotopic (exact) mass is 207 g/mol. The van der Waals surface area contributed by atoms with Gasteiger partial charge in [0.15, 0.2) is 0 Å². The molecule has 0 aromatic heterocycles. The van der Waals surface area contributed by atoms with E-state index in [0.717, 1.165) is 12.3 Å². The minimum absolute atomic E-state index is 0.00280. The minimum atomic E-state index is -0.264. The molecule has 3 heteroatoms. The van der Waals surface area contributed by atoms with Crippen molar-refractivity contribution in [1.29, 1.82) is 0 Å². The Morgan fingerprint density at radius 2 is 2.33 bits per heavy atom. The van der Waals surface area contributed by atoms with Gasteiger partial charge in [0, 0.05) is 0 Å². The summed E-state index contributed by atoms with van der Waals surface area (Å²) in [6.07, 6.45) is 4.48. The fourth-order valence-corrected chi connectivity index (χ4v) is 3.33. The molecule has 0 aromatic carbocycles. The number of ether oxygens (including phenoxy) is 1. The van der Waals surface area contributed by atoms with Gasteiger partial charge in [-0.05, 0) is 35.7 Å². The van der Waals surface area contributed by atoms with Gasteiger partial charge in [0.2, 0.25) is 0 Å². The summed E-state index contributed by atoms with van der Waals surface area (Å²) in [5.41, 5.74) is 1.78. The van der Waals surface area contributed by atoms with Crippen molar-refractivity contribution in [2.45, 2.75) is 32.8 Å². The fourth-order valence-electron chi connectivity index (χ4n) is 3.33. The lowest BCUT2D eigenvalue weighted by Crippen LogP contribution is -2.50. The normalized spacial score (nSPS) is 41.3. The van der Waals surface area contributed by atoms with Crippen LogP contribution >= 0.6 is 0 Å². The Bertz CT molecular complexity index is 346. The Kier molecular flexibility index (Phi) is 1.71. The highest BCUT2D eigenvalue weighted by atomic mass is 16.6. The van der Waals surface area contributed by atoms with Crippen LogP contribution in [0.2, 0.25) is 0 Å². The average molecular weight is 207 g/mol. The van der Waals surface area contributed by atoms with Crippen molar-refractivity contribution in [3.05, 3.63) is 11.6 Å². The first kappa shape index (κ1) is 9.25. The Morgan fingerprint density at radius 1 is 1.53 bits per heavy atom. The first-order valence-corrected chi connectivity index (χ1v) is 5.73. The van der Waals surface area contributed by atoms with Crippen molar-refractivity contribution in [2.75, 3.05) is 6.54 Å². The predicted molar refractivity (Wildman–Crippen MR) is 56.3 cm³/mol. The van der Waals surface area contributed by atoms with E-state index < -0.39 is 0 Å². The molecule has 82 valence electrons. The zero-order valence-corrected chi connectivity index (χ0v) is 9.25. The van der Waals surface area contributed by atoms with Gasteiger partial charge < -0.3 is 10.1 Å². The van der Waals surface area contributed by atoms with Gasteiger partial charge in [-0.1, -0.05) is 19.9 Å². The summed E-state index contributed by atoms with van der Waals surface area (Å²) in [7, 11) is 0. The van der Waals surface area contributed by atoms with E-state index in [1.807, 2.05) is 0 Å². The molecule has 15 heavy (non-hydrogen) atoms. The van der Waals surface area contributed by atoms with Gasteiger partial charge in [0.05, 0.1) is 6.54 Å². The number of nitrogens with one attached hydrogen (secondary N) is 1. The van der Waals surface area contributed by atoms with Crippen molar-refractivity contribution in [1.82, 2.24) is 5.32 Å². The molecular formula is C12H17NO2. The third-order valence-electron chi connectivity index (χ3n) is 4.56. The molecule has 1 saturated heterocycles. The number of alkyl carbamates (subject to hydrolysis) is 1. The molecule has 3 atom stereocenters. The van der Waals surface area contributed by atoms with Crippen LogP contribution in [0, 0.1) is 17.3 Å². The van der Waals surface area contributed by atoms with E-state index in [0.29, 0.717) is 17.9 Å². The molecule has 1 heterocycles. The summed E-state index contributed by atoms with van der Waals surface area (Å²) >= 11 is 0. The van der Waals surface area contributed by atoms with Gasteiger partial charge in [0.1, 0.15) is 6.10 Å². The second-order valence-corrected chi connectivity index (χ2v) is 5.52. The molecule has 2 fully saturated rings. The van der Waals surface area contributed by atoms with Crippen LogP contribution in [0.4, 0.5) is 4.79 Å². The van der Waals surface area contributed by atoms with E-state index in [2.05, 4.69) is 25.2 Å². The first-order valence-electron chi connectivity index (χ1n) is 5.73. The summed E-state index contributed by atoms with van der Waals surface area (Å²) < 4.78 is 5.27. The Hall–Kier alpha value is -0.990. The zero-order chi connectivity index (χ0) is 10.6. The van der Waals surface area contributed by atoms with Crippen molar-refractivity contribution >= 4 is 6.09 Å². The van der Waals surface area contributed by atoms with Crippen molar-refractivity contribution in [3.63, 3.8) is 0 Å². The van der Waals surface area contributed by atoms with E-state index in [4.69, 9.17) is 4.74 Å². The van der Waals surface area contributed by atoms with Crippen LogP contribution in [-0.4, -0.2) is 18.7 Å². The molecule has 3 aliphatic carbocycles. The maximum absolute atomic E-state index is 11.0. The molecule has 2 bridgehead atoms. The van der Waals surface area contributed by atoms with Gasteiger partial charge in [-0.2, -0.15) is 0 Å². The second-order valence-electron chi connectivity index (χ2n) is 5.52. The van der Waals surface area contributed by atoms with E-state index in [1.54, 1.807) is 0 Å². The zero-order valence-electron chi connectivity index (χ0n) is 9.25. The van der Waals surface area contributed by atoms with E-state index in [9.17, 15) is 4.79 Å². The Morgan fingerprint density at radius 3 is 2.87 bits per heavy atom. The van der Waals surface area contributed by atoms with Crippen molar-refractivity contribution < 1.29 is 9.53 Å². The molecule has 4 rings (SSSR count). The fraction of sp³-hybridized carbons (Fsp3) is 0.750. The molecule has 0 radical (unpaired) electrons. The van der Waals surface area contributed by atoms with Gasteiger partial charge in [-0.3, -0.25) is 0 Å². The lowest BCUT2D eigenvalue weighted by molar-refractivity contribution is -0.0190. The molecule has 4 aliphatic rings. The van der Waals surface area contributed by atoms with Crippen LogP contribution in [0.15, 0.2) is 11.6 Å². The van der Waals surface area contributed by atoms with Crippen molar-refractivity contribution in [2.24, 2.45) is 17.3 Å². The van der Waals surface area contributed by atoms with Gasteiger partial charge in [0.25, 0.3) is 0 Å². The van der Waals surface area contributed by atoms with Crippen LogP contribution in [0.1, 0.15) is 26.7 Å². The lowest BCUT2D eigenvalue weighted by Gasteiger charge is -2.57. The first-order chi connectivity index (χ1) is 7.09. The number of allylic oxidation sites excluding steroid dienone is 1. The van der Waals surface area contributed by atoms with Gasteiger partial charge in [-0.25, -0.2) is 4.79 Å². The highest BCUT2D eigenvalue weighted by Crippen LogP contribution is 2.60. The standard InChI is InChI=1S/C12H17NO2/c1-12(2)7-3-4-8(9(12)5-7)10-6-13-11(14)15-10/h4,7,9-10H,3,5-6H2,1-2H3,(H,13,14). The van der Waals surface area contributed by atoms with E-state index in [-0.39, 0.29) is 12.2 Å². The third-order valence-corrected chi connectivity index (χ3v) is 4.56.